The van der Waals surface area contributed by atoms with Crippen LogP contribution < -0.4 is 5.32 Å². The molecule has 7 heteroatoms. The number of hydrogen-bond acceptors (Lipinski definition) is 3. The summed E-state index contributed by atoms with van der Waals surface area (Å²) in [4.78, 5) is 11.9. The van der Waals surface area contributed by atoms with Crippen LogP contribution in [0.4, 0.5) is 14.5 Å². The molecule has 0 aromatic heterocycles. The minimum absolute atomic E-state index is 0.165. The van der Waals surface area contributed by atoms with Crippen molar-refractivity contribution in [2.75, 3.05) is 18.5 Å². The second kappa shape index (κ2) is 9.23. The van der Waals surface area contributed by atoms with Crippen molar-refractivity contribution in [3.63, 3.8) is 0 Å². The van der Waals surface area contributed by atoms with Gasteiger partial charge in [0.1, 0.15) is 0 Å². The van der Waals surface area contributed by atoms with Crippen molar-refractivity contribution in [2.45, 2.75) is 30.9 Å². The van der Waals surface area contributed by atoms with Gasteiger partial charge in [-0.05, 0) is 18.1 Å². The van der Waals surface area contributed by atoms with Crippen molar-refractivity contribution >= 4 is 35.0 Å². The average Bonchev–Trinajstić information content (AvgIpc) is 2.38. The maximum atomic E-state index is 12.5. The third kappa shape index (κ3) is 7.11. The number of benzene rings is 1. The number of carbonyl (C=O) groups excluding carboxylic acids is 1. The van der Waals surface area contributed by atoms with Crippen LogP contribution in [0.25, 0.3) is 0 Å². The minimum atomic E-state index is -2.60. The van der Waals surface area contributed by atoms with Gasteiger partial charge in [0.05, 0.1) is 28.6 Å². The summed E-state index contributed by atoms with van der Waals surface area (Å²) >= 11 is 6.20. The Kier molecular flexibility index (Phi) is 8.00. The molecule has 21 heavy (non-hydrogen) atoms. The maximum absolute atomic E-state index is 12.5. The molecule has 0 unspecified atom stereocenters. The first-order valence-corrected chi connectivity index (χ1v) is 7.76. The summed E-state index contributed by atoms with van der Waals surface area (Å²) < 4.78 is 30.3. The number of rotatable bonds is 8. The van der Waals surface area contributed by atoms with Crippen LogP contribution in [0, 0.1) is 5.92 Å². The Balaban J connectivity index is 2.57. The zero-order chi connectivity index (χ0) is 15.8. The summed E-state index contributed by atoms with van der Waals surface area (Å²) in [5.74, 6) is -2.50. The summed E-state index contributed by atoms with van der Waals surface area (Å²) in [6, 6.07) is 4.65. The fourth-order valence-electron chi connectivity index (χ4n) is 1.51. The highest BCUT2D eigenvalue weighted by molar-refractivity contribution is 7.99. The van der Waals surface area contributed by atoms with Crippen molar-refractivity contribution < 1.29 is 18.3 Å². The highest BCUT2D eigenvalue weighted by Gasteiger charge is 2.15. The molecule has 1 rings (SSSR count). The predicted octanol–water partition coefficient (Wildman–Crippen LogP) is 4.66. The quantitative estimate of drug-likeness (QED) is 0.554. The fourth-order valence-corrected chi connectivity index (χ4v) is 2.43. The number of halogens is 3. The van der Waals surface area contributed by atoms with E-state index in [1.165, 1.54) is 6.07 Å². The third-order valence-corrected chi connectivity index (χ3v) is 3.65. The lowest BCUT2D eigenvalue weighted by Gasteiger charge is -2.12. The van der Waals surface area contributed by atoms with Gasteiger partial charge in [-0.15, -0.1) is 0 Å². The van der Waals surface area contributed by atoms with E-state index in [4.69, 9.17) is 16.3 Å². The first-order valence-electron chi connectivity index (χ1n) is 6.51. The molecule has 0 saturated carbocycles. The van der Waals surface area contributed by atoms with Gasteiger partial charge >= 0.3 is 0 Å². The van der Waals surface area contributed by atoms with E-state index < -0.39 is 5.76 Å². The summed E-state index contributed by atoms with van der Waals surface area (Å²) in [6.45, 7) is 4.90. The van der Waals surface area contributed by atoms with Crippen LogP contribution in [0.5, 0.6) is 0 Å². The molecular weight excluding hydrogens is 320 g/mol. The van der Waals surface area contributed by atoms with E-state index in [1.807, 2.05) is 13.8 Å². The highest BCUT2D eigenvalue weighted by atomic mass is 35.5. The molecule has 0 saturated heterocycles. The smallest absolute Gasteiger partial charge is 0.289 e. The normalized spacial score (nSPS) is 11.2. The predicted molar refractivity (Wildman–Crippen MR) is 82.2 cm³/mol. The first-order chi connectivity index (χ1) is 9.90. The Labute approximate surface area is 132 Å². The van der Waals surface area contributed by atoms with Gasteiger partial charge in [-0.2, -0.15) is 8.78 Å². The maximum Gasteiger partial charge on any atom is 0.289 e. The molecule has 0 spiro atoms. The van der Waals surface area contributed by atoms with Gasteiger partial charge in [0.15, 0.2) is 0 Å². The van der Waals surface area contributed by atoms with E-state index in [0.717, 1.165) is 0 Å². The highest BCUT2D eigenvalue weighted by Crippen LogP contribution is 2.37. The average molecular weight is 338 g/mol. The fraction of sp³-hybridized carbons (Fsp3) is 0.500. The molecular formula is C14H18ClF2NO2S. The van der Waals surface area contributed by atoms with Gasteiger partial charge in [-0.3, -0.25) is 4.79 Å². The molecule has 0 aliphatic heterocycles. The SMILES string of the molecule is CC(C)COCCC(=O)Nc1cccc(Cl)c1SC(F)F. The largest absolute Gasteiger partial charge is 0.381 e. The molecule has 0 radical (unpaired) electrons. The second-order valence-corrected chi connectivity index (χ2v) is 6.17. The van der Waals surface area contributed by atoms with Crippen molar-refractivity contribution in [1.29, 1.82) is 0 Å². The lowest BCUT2D eigenvalue weighted by molar-refractivity contribution is -0.117. The Bertz CT molecular complexity index is 472. The topological polar surface area (TPSA) is 38.3 Å². The van der Waals surface area contributed by atoms with Gasteiger partial charge in [0, 0.05) is 6.61 Å². The second-order valence-electron chi connectivity index (χ2n) is 4.76. The zero-order valence-corrected chi connectivity index (χ0v) is 13.4. The van der Waals surface area contributed by atoms with E-state index in [0.29, 0.717) is 36.6 Å². The lowest BCUT2D eigenvalue weighted by Crippen LogP contribution is -2.15. The van der Waals surface area contributed by atoms with Crippen LogP contribution in [-0.2, 0) is 9.53 Å². The van der Waals surface area contributed by atoms with Crippen LogP contribution in [0.2, 0.25) is 5.02 Å². The van der Waals surface area contributed by atoms with Crippen LogP contribution >= 0.6 is 23.4 Å². The standard InChI is InChI=1S/C14H18ClF2NO2S/c1-9(2)8-20-7-6-12(19)18-11-5-3-4-10(15)13(11)21-14(16)17/h3-5,9,14H,6-8H2,1-2H3,(H,18,19). The molecule has 3 nitrogen and oxygen atoms in total. The number of anilines is 1. The van der Waals surface area contributed by atoms with Gasteiger partial charge in [0.25, 0.3) is 5.76 Å². The molecule has 1 aromatic rings. The molecule has 1 N–H and O–H groups in total. The van der Waals surface area contributed by atoms with Gasteiger partial charge in [0.2, 0.25) is 5.91 Å². The van der Waals surface area contributed by atoms with Gasteiger partial charge in [-0.25, -0.2) is 0 Å². The molecule has 0 heterocycles. The number of nitrogens with one attached hydrogen (secondary N) is 1. The van der Waals surface area contributed by atoms with Gasteiger partial charge in [-0.1, -0.05) is 43.3 Å². The Morgan fingerprint density at radius 3 is 2.76 bits per heavy atom. The van der Waals surface area contributed by atoms with Crippen molar-refractivity contribution in [3.05, 3.63) is 23.2 Å². The molecule has 1 aromatic carbocycles. The molecule has 0 aliphatic rings. The van der Waals surface area contributed by atoms with Crippen molar-refractivity contribution in [3.8, 4) is 0 Å². The summed E-state index contributed by atoms with van der Waals surface area (Å²) in [7, 11) is 0. The molecule has 118 valence electrons. The van der Waals surface area contributed by atoms with Crippen LogP contribution in [0.15, 0.2) is 23.1 Å². The first kappa shape index (κ1) is 18.2. The zero-order valence-electron chi connectivity index (χ0n) is 11.9. The Morgan fingerprint density at radius 1 is 1.43 bits per heavy atom. The molecule has 0 fully saturated rings. The van der Waals surface area contributed by atoms with Crippen LogP contribution in [-0.4, -0.2) is 24.9 Å². The number of amides is 1. The number of hydrogen-bond donors (Lipinski definition) is 1. The number of thioether (sulfide) groups is 1. The summed E-state index contributed by atoms with van der Waals surface area (Å²) in [5.41, 5.74) is 0.293. The summed E-state index contributed by atoms with van der Waals surface area (Å²) in [6.07, 6.45) is 0.165. The Hall–Kier alpha value is -0.850. The number of carbonyl (C=O) groups is 1. The monoisotopic (exact) mass is 337 g/mol. The number of ether oxygens (including phenoxy) is 1. The lowest BCUT2D eigenvalue weighted by atomic mass is 10.2. The molecule has 1 amide bonds. The van der Waals surface area contributed by atoms with Crippen molar-refractivity contribution in [1.82, 2.24) is 0 Å². The van der Waals surface area contributed by atoms with Gasteiger partial charge < -0.3 is 10.1 Å². The minimum Gasteiger partial charge on any atom is -0.381 e. The number of alkyl halides is 2. The summed E-state index contributed by atoms with van der Waals surface area (Å²) in [5, 5.41) is 2.78. The Morgan fingerprint density at radius 2 is 2.14 bits per heavy atom. The van der Waals surface area contributed by atoms with E-state index in [9.17, 15) is 13.6 Å². The van der Waals surface area contributed by atoms with Crippen molar-refractivity contribution in [2.24, 2.45) is 5.92 Å². The molecule has 0 aliphatic carbocycles. The van der Waals surface area contributed by atoms with Crippen LogP contribution in [0.1, 0.15) is 20.3 Å². The van der Waals surface area contributed by atoms with E-state index in [2.05, 4.69) is 5.32 Å². The third-order valence-electron chi connectivity index (χ3n) is 2.37. The molecule has 0 atom stereocenters. The van der Waals surface area contributed by atoms with E-state index >= 15 is 0 Å². The van der Waals surface area contributed by atoms with E-state index in [1.54, 1.807) is 12.1 Å². The van der Waals surface area contributed by atoms with E-state index in [-0.39, 0.29) is 22.2 Å². The molecule has 0 bridgehead atoms. The van der Waals surface area contributed by atoms with Crippen LogP contribution in [0.3, 0.4) is 0 Å².